The highest BCUT2D eigenvalue weighted by molar-refractivity contribution is 7.14. The van der Waals surface area contributed by atoms with E-state index in [1.807, 2.05) is 35.2 Å². The average Bonchev–Trinajstić information content (AvgIpc) is 3.53. The van der Waals surface area contributed by atoms with E-state index in [4.69, 9.17) is 19.6 Å². The summed E-state index contributed by atoms with van der Waals surface area (Å²) in [6.07, 6.45) is 2.74. The van der Waals surface area contributed by atoms with Crippen molar-refractivity contribution in [2.75, 3.05) is 13.3 Å². The van der Waals surface area contributed by atoms with Gasteiger partial charge >= 0.3 is 0 Å². The van der Waals surface area contributed by atoms with Gasteiger partial charge in [-0.2, -0.15) is 5.10 Å². The zero-order valence-electron chi connectivity index (χ0n) is 16.1. The van der Waals surface area contributed by atoms with Gasteiger partial charge in [0.25, 0.3) is 0 Å². The molecule has 150 valence electrons. The molecule has 0 fully saturated rings. The van der Waals surface area contributed by atoms with Crippen LogP contribution in [0.1, 0.15) is 11.1 Å². The van der Waals surface area contributed by atoms with Gasteiger partial charge in [-0.05, 0) is 47.2 Å². The Morgan fingerprint density at radius 1 is 0.967 bits per heavy atom. The molecule has 0 saturated carbocycles. The number of thiophene rings is 1. The standard InChI is InChI=1S/C23H19N3O2S2/c1-2-5-17(6-3-1)10-11-24-23-26(19(15-30-23)22-7-4-12-29-22)25-14-18-8-9-20-21(13-18)28-16-27-20/h1-9,12-15H,10-11,16H2. The van der Waals surface area contributed by atoms with Gasteiger partial charge in [-0.15, -0.1) is 22.7 Å². The van der Waals surface area contributed by atoms with E-state index < -0.39 is 0 Å². The Labute approximate surface area is 182 Å². The van der Waals surface area contributed by atoms with Gasteiger partial charge in [0.2, 0.25) is 11.6 Å². The minimum atomic E-state index is 0.266. The van der Waals surface area contributed by atoms with E-state index in [1.54, 1.807) is 22.7 Å². The fourth-order valence-corrected chi connectivity index (χ4v) is 4.81. The highest BCUT2D eigenvalue weighted by atomic mass is 32.1. The van der Waals surface area contributed by atoms with Crippen LogP contribution < -0.4 is 14.3 Å². The first kappa shape index (κ1) is 18.8. The highest BCUT2D eigenvalue weighted by Crippen LogP contribution is 2.32. The fraction of sp³-hybridized carbons (Fsp3) is 0.130. The van der Waals surface area contributed by atoms with E-state index in [0.717, 1.165) is 34.0 Å². The molecule has 0 aliphatic carbocycles. The number of thiazole rings is 1. The molecule has 1 aliphatic heterocycles. The smallest absolute Gasteiger partial charge is 0.231 e. The van der Waals surface area contributed by atoms with Gasteiger partial charge in [-0.3, -0.25) is 4.99 Å². The van der Waals surface area contributed by atoms with Crippen molar-refractivity contribution in [3.63, 3.8) is 0 Å². The van der Waals surface area contributed by atoms with Gasteiger partial charge in [-0.1, -0.05) is 36.4 Å². The summed E-state index contributed by atoms with van der Waals surface area (Å²) < 4.78 is 12.8. The third-order valence-electron chi connectivity index (χ3n) is 4.67. The molecule has 0 radical (unpaired) electrons. The largest absolute Gasteiger partial charge is 0.454 e. The van der Waals surface area contributed by atoms with Crippen LogP contribution in [0.25, 0.3) is 10.6 Å². The van der Waals surface area contributed by atoms with Crippen LogP contribution in [0.4, 0.5) is 0 Å². The summed E-state index contributed by atoms with van der Waals surface area (Å²) in [5.74, 6) is 1.52. The summed E-state index contributed by atoms with van der Waals surface area (Å²) in [4.78, 5) is 6.88. The Hall–Kier alpha value is -3.16. The maximum Gasteiger partial charge on any atom is 0.231 e. The SMILES string of the molecule is C(=Nn1c(-c2cccs2)csc1=NCCc1ccccc1)c1ccc2c(c1)OCO2. The van der Waals surface area contributed by atoms with E-state index in [0.29, 0.717) is 6.54 Å². The first-order valence-corrected chi connectivity index (χ1v) is 11.4. The average molecular weight is 434 g/mol. The second-order valence-corrected chi connectivity index (χ2v) is 8.45. The van der Waals surface area contributed by atoms with Crippen LogP contribution in [0, 0.1) is 0 Å². The first-order chi connectivity index (χ1) is 14.9. The van der Waals surface area contributed by atoms with Crippen molar-refractivity contribution >= 4 is 28.9 Å². The normalized spacial score (nSPS) is 13.4. The number of benzene rings is 2. The van der Waals surface area contributed by atoms with Gasteiger partial charge in [-0.25, -0.2) is 4.68 Å². The van der Waals surface area contributed by atoms with E-state index in [9.17, 15) is 0 Å². The topological polar surface area (TPSA) is 48.1 Å². The Morgan fingerprint density at radius 3 is 2.73 bits per heavy atom. The van der Waals surface area contributed by atoms with Gasteiger partial charge in [0, 0.05) is 11.9 Å². The van der Waals surface area contributed by atoms with Gasteiger partial charge < -0.3 is 9.47 Å². The molecule has 0 amide bonds. The Balaban J connectivity index is 1.45. The molecule has 0 atom stereocenters. The molecular weight excluding hydrogens is 414 g/mol. The van der Waals surface area contributed by atoms with Crippen molar-refractivity contribution in [2.24, 2.45) is 10.1 Å². The Morgan fingerprint density at radius 2 is 1.87 bits per heavy atom. The van der Waals surface area contributed by atoms with Crippen molar-refractivity contribution < 1.29 is 9.47 Å². The fourth-order valence-electron chi connectivity index (χ4n) is 3.16. The van der Waals surface area contributed by atoms with E-state index in [2.05, 4.69) is 47.2 Å². The molecule has 0 saturated heterocycles. The van der Waals surface area contributed by atoms with Crippen LogP contribution in [-0.4, -0.2) is 24.2 Å². The molecular formula is C23H19N3O2S2. The molecule has 0 N–H and O–H groups in total. The lowest BCUT2D eigenvalue weighted by Crippen LogP contribution is -2.13. The van der Waals surface area contributed by atoms with Crippen LogP contribution in [0.2, 0.25) is 0 Å². The third kappa shape index (κ3) is 4.08. The van der Waals surface area contributed by atoms with Gasteiger partial charge in [0.1, 0.15) is 0 Å². The molecule has 0 bridgehead atoms. The lowest BCUT2D eigenvalue weighted by atomic mass is 10.2. The van der Waals surface area contributed by atoms with E-state index >= 15 is 0 Å². The number of aromatic nitrogens is 1. The van der Waals surface area contributed by atoms with Crippen molar-refractivity contribution in [3.05, 3.63) is 87.4 Å². The minimum Gasteiger partial charge on any atom is -0.454 e. The van der Waals surface area contributed by atoms with Crippen LogP contribution in [0.3, 0.4) is 0 Å². The summed E-state index contributed by atoms with van der Waals surface area (Å²) in [6.45, 7) is 0.982. The molecule has 0 spiro atoms. The molecule has 30 heavy (non-hydrogen) atoms. The number of hydrogen-bond donors (Lipinski definition) is 0. The van der Waals surface area contributed by atoms with E-state index in [1.165, 1.54) is 10.4 Å². The zero-order valence-corrected chi connectivity index (χ0v) is 17.7. The molecule has 0 unspecified atom stereocenters. The molecule has 3 heterocycles. The zero-order chi connectivity index (χ0) is 20.2. The first-order valence-electron chi connectivity index (χ1n) is 9.60. The van der Waals surface area contributed by atoms with Crippen molar-refractivity contribution in [1.29, 1.82) is 0 Å². The highest BCUT2D eigenvalue weighted by Gasteiger charge is 2.13. The molecule has 4 aromatic rings. The lowest BCUT2D eigenvalue weighted by Gasteiger charge is -2.02. The van der Waals surface area contributed by atoms with E-state index in [-0.39, 0.29) is 6.79 Å². The molecule has 5 rings (SSSR count). The van der Waals surface area contributed by atoms with Crippen molar-refractivity contribution in [2.45, 2.75) is 6.42 Å². The quantitative estimate of drug-likeness (QED) is 0.400. The second kappa shape index (κ2) is 8.69. The van der Waals surface area contributed by atoms with Gasteiger partial charge in [0.05, 0.1) is 16.8 Å². The van der Waals surface area contributed by atoms with Crippen LogP contribution >= 0.6 is 22.7 Å². The van der Waals surface area contributed by atoms with Crippen LogP contribution in [0.5, 0.6) is 11.5 Å². The summed E-state index contributed by atoms with van der Waals surface area (Å²) in [5, 5.41) is 8.95. The number of fused-ring (bicyclic) bond motifs is 1. The molecule has 1 aliphatic rings. The Kier molecular flexibility index (Phi) is 5.46. The molecule has 2 aromatic carbocycles. The number of hydrogen-bond acceptors (Lipinski definition) is 6. The van der Waals surface area contributed by atoms with Crippen molar-refractivity contribution in [1.82, 2.24) is 4.68 Å². The predicted molar refractivity (Wildman–Crippen MR) is 122 cm³/mol. The molecule has 2 aromatic heterocycles. The van der Waals surface area contributed by atoms with Crippen molar-refractivity contribution in [3.8, 4) is 22.1 Å². The summed E-state index contributed by atoms with van der Waals surface area (Å²) >= 11 is 3.31. The maximum atomic E-state index is 5.47. The number of rotatable bonds is 6. The molecule has 7 heteroatoms. The predicted octanol–water partition coefficient (Wildman–Crippen LogP) is 5.03. The van der Waals surface area contributed by atoms with Crippen LogP contribution in [-0.2, 0) is 6.42 Å². The lowest BCUT2D eigenvalue weighted by molar-refractivity contribution is 0.174. The Bertz CT molecular complexity index is 1230. The van der Waals surface area contributed by atoms with Gasteiger partial charge in [0.15, 0.2) is 11.5 Å². The monoisotopic (exact) mass is 433 g/mol. The van der Waals surface area contributed by atoms with Crippen LogP contribution in [0.15, 0.2) is 81.5 Å². The maximum absolute atomic E-state index is 5.47. The number of ether oxygens (including phenoxy) is 2. The number of nitrogens with zero attached hydrogens (tertiary/aromatic N) is 3. The molecule has 5 nitrogen and oxygen atoms in total. The summed E-state index contributed by atoms with van der Waals surface area (Å²) in [5.41, 5.74) is 3.28. The summed E-state index contributed by atoms with van der Waals surface area (Å²) in [6, 6.07) is 20.4. The third-order valence-corrected chi connectivity index (χ3v) is 6.41. The minimum absolute atomic E-state index is 0.266. The summed E-state index contributed by atoms with van der Waals surface area (Å²) in [7, 11) is 0. The second-order valence-electron chi connectivity index (χ2n) is 6.67.